The number of hydrogen-bond acceptors (Lipinski definition) is 2. The summed E-state index contributed by atoms with van der Waals surface area (Å²) in [6.07, 6.45) is 0. The Hall–Kier alpha value is -1.36. The summed E-state index contributed by atoms with van der Waals surface area (Å²) in [5, 5.41) is 6.01. The predicted molar refractivity (Wildman–Crippen MR) is 62.8 cm³/mol. The van der Waals surface area contributed by atoms with Crippen LogP contribution in [0.5, 0.6) is 5.75 Å². The molecule has 82 valence electrons. The highest BCUT2D eigenvalue weighted by atomic mass is 32.1. The normalized spacial score (nSPS) is 9.53. The van der Waals surface area contributed by atoms with E-state index in [2.05, 4.69) is 10.6 Å². The van der Waals surface area contributed by atoms with Crippen molar-refractivity contribution in [3.63, 3.8) is 0 Å². The standard InChI is InChI=1S/C10H13FN2OS/c1-3-14-9-5-4-7(6-8(9)11)13-10(15)12-2/h4-6H,3H2,1-2H3,(H2,12,13,15). The van der Waals surface area contributed by atoms with Crippen LogP contribution in [-0.4, -0.2) is 18.8 Å². The summed E-state index contributed by atoms with van der Waals surface area (Å²) in [5.41, 5.74) is 0.593. The molecule has 15 heavy (non-hydrogen) atoms. The lowest BCUT2D eigenvalue weighted by molar-refractivity contribution is 0.321. The molecule has 0 spiro atoms. The van der Waals surface area contributed by atoms with Crippen LogP contribution >= 0.6 is 12.2 Å². The van der Waals surface area contributed by atoms with E-state index in [1.54, 1.807) is 19.2 Å². The molecule has 0 saturated heterocycles. The maximum absolute atomic E-state index is 13.4. The zero-order chi connectivity index (χ0) is 11.3. The van der Waals surface area contributed by atoms with Crippen LogP contribution in [0.3, 0.4) is 0 Å². The van der Waals surface area contributed by atoms with Gasteiger partial charge in [0.05, 0.1) is 6.61 Å². The SMILES string of the molecule is CCOc1ccc(NC(=S)NC)cc1F. The second-order valence-electron chi connectivity index (χ2n) is 2.78. The Morgan fingerprint density at radius 3 is 2.80 bits per heavy atom. The third kappa shape index (κ3) is 3.36. The van der Waals surface area contributed by atoms with Crippen molar-refractivity contribution in [2.45, 2.75) is 6.92 Å². The Bertz CT molecular complexity index is 357. The van der Waals surface area contributed by atoms with Crippen LogP contribution in [0, 0.1) is 5.82 Å². The van der Waals surface area contributed by atoms with E-state index in [0.717, 1.165) is 0 Å². The molecule has 0 saturated carbocycles. The van der Waals surface area contributed by atoms with Crippen LogP contribution < -0.4 is 15.4 Å². The Labute approximate surface area is 93.6 Å². The van der Waals surface area contributed by atoms with Gasteiger partial charge in [0.2, 0.25) is 0 Å². The maximum atomic E-state index is 13.4. The van der Waals surface area contributed by atoms with E-state index in [1.807, 2.05) is 6.92 Å². The summed E-state index contributed by atoms with van der Waals surface area (Å²) in [7, 11) is 1.69. The van der Waals surface area contributed by atoms with Crippen molar-refractivity contribution in [2.75, 3.05) is 19.0 Å². The van der Waals surface area contributed by atoms with Gasteiger partial charge in [-0.1, -0.05) is 0 Å². The van der Waals surface area contributed by atoms with Gasteiger partial charge >= 0.3 is 0 Å². The second kappa shape index (κ2) is 5.50. The molecule has 0 heterocycles. The molecule has 0 unspecified atom stereocenters. The lowest BCUT2D eigenvalue weighted by Gasteiger charge is -2.09. The summed E-state index contributed by atoms with van der Waals surface area (Å²) in [5.74, 6) is -0.154. The Balaban J connectivity index is 2.77. The second-order valence-corrected chi connectivity index (χ2v) is 3.19. The molecule has 0 fully saturated rings. The van der Waals surface area contributed by atoms with Crippen molar-refractivity contribution in [1.29, 1.82) is 0 Å². The van der Waals surface area contributed by atoms with Crippen LogP contribution in [0.4, 0.5) is 10.1 Å². The van der Waals surface area contributed by atoms with Crippen LogP contribution in [0.25, 0.3) is 0 Å². The fourth-order valence-corrected chi connectivity index (χ4v) is 1.16. The molecule has 5 heteroatoms. The minimum atomic E-state index is -0.402. The number of benzene rings is 1. The first-order valence-electron chi connectivity index (χ1n) is 4.58. The van der Waals surface area contributed by atoms with E-state index >= 15 is 0 Å². The van der Waals surface area contributed by atoms with Gasteiger partial charge in [0.25, 0.3) is 0 Å². The molecule has 1 aromatic carbocycles. The average Bonchev–Trinajstić information content (AvgIpc) is 2.22. The predicted octanol–water partition coefficient (Wildman–Crippen LogP) is 2.14. The summed E-state index contributed by atoms with van der Waals surface area (Å²) in [4.78, 5) is 0. The summed E-state index contributed by atoms with van der Waals surface area (Å²) in [6, 6.07) is 4.62. The molecule has 0 aliphatic heterocycles. The van der Waals surface area contributed by atoms with Gasteiger partial charge < -0.3 is 15.4 Å². The fraction of sp³-hybridized carbons (Fsp3) is 0.300. The van der Waals surface area contributed by atoms with Gasteiger partial charge in [-0.25, -0.2) is 4.39 Å². The highest BCUT2D eigenvalue weighted by Gasteiger charge is 2.04. The molecule has 0 amide bonds. The molecular formula is C10H13FN2OS. The molecule has 0 aromatic heterocycles. The molecule has 0 bridgehead atoms. The third-order valence-electron chi connectivity index (χ3n) is 1.72. The van der Waals surface area contributed by atoms with Crippen LogP contribution in [0.2, 0.25) is 0 Å². The smallest absolute Gasteiger partial charge is 0.170 e. The number of halogens is 1. The number of ether oxygens (including phenoxy) is 1. The highest BCUT2D eigenvalue weighted by molar-refractivity contribution is 7.80. The van der Waals surface area contributed by atoms with Gasteiger partial charge in [-0.15, -0.1) is 0 Å². The van der Waals surface area contributed by atoms with E-state index in [4.69, 9.17) is 17.0 Å². The Morgan fingerprint density at radius 1 is 1.53 bits per heavy atom. The largest absolute Gasteiger partial charge is 0.491 e. The van der Waals surface area contributed by atoms with E-state index in [9.17, 15) is 4.39 Å². The van der Waals surface area contributed by atoms with Crippen LogP contribution in [0.1, 0.15) is 6.92 Å². The first-order valence-corrected chi connectivity index (χ1v) is 4.99. The number of thiocarbonyl (C=S) groups is 1. The summed E-state index contributed by atoms with van der Waals surface area (Å²) >= 11 is 4.89. The van der Waals surface area contributed by atoms with Gasteiger partial charge in [0, 0.05) is 18.8 Å². The first kappa shape index (κ1) is 11.7. The number of anilines is 1. The Kier molecular flexibility index (Phi) is 4.30. The van der Waals surface area contributed by atoms with Crippen molar-refractivity contribution >= 4 is 23.0 Å². The van der Waals surface area contributed by atoms with Crippen molar-refractivity contribution in [3.05, 3.63) is 24.0 Å². The summed E-state index contributed by atoms with van der Waals surface area (Å²) < 4.78 is 18.4. The topological polar surface area (TPSA) is 33.3 Å². The van der Waals surface area contributed by atoms with E-state index < -0.39 is 5.82 Å². The van der Waals surface area contributed by atoms with E-state index in [1.165, 1.54) is 6.07 Å². The van der Waals surface area contributed by atoms with Crippen molar-refractivity contribution in [1.82, 2.24) is 5.32 Å². The third-order valence-corrected chi connectivity index (χ3v) is 2.02. The fourth-order valence-electron chi connectivity index (χ4n) is 1.04. The lowest BCUT2D eigenvalue weighted by Crippen LogP contribution is -2.24. The van der Waals surface area contributed by atoms with Gasteiger partial charge in [0.15, 0.2) is 16.7 Å². The van der Waals surface area contributed by atoms with Gasteiger partial charge in [-0.3, -0.25) is 0 Å². The van der Waals surface area contributed by atoms with E-state index in [0.29, 0.717) is 17.4 Å². The molecule has 1 rings (SSSR count). The van der Waals surface area contributed by atoms with Crippen molar-refractivity contribution in [3.8, 4) is 5.75 Å². The summed E-state index contributed by atoms with van der Waals surface area (Å²) in [6.45, 7) is 2.25. The van der Waals surface area contributed by atoms with Crippen molar-refractivity contribution in [2.24, 2.45) is 0 Å². The Morgan fingerprint density at radius 2 is 2.27 bits per heavy atom. The molecule has 0 radical (unpaired) electrons. The molecule has 1 aromatic rings. The molecule has 0 atom stereocenters. The monoisotopic (exact) mass is 228 g/mol. The quantitative estimate of drug-likeness (QED) is 0.777. The maximum Gasteiger partial charge on any atom is 0.170 e. The number of nitrogens with one attached hydrogen (secondary N) is 2. The van der Waals surface area contributed by atoms with Gasteiger partial charge in [-0.2, -0.15) is 0 Å². The lowest BCUT2D eigenvalue weighted by atomic mass is 10.3. The zero-order valence-corrected chi connectivity index (χ0v) is 9.45. The van der Waals surface area contributed by atoms with Crippen LogP contribution in [-0.2, 0) is 0 Å². The molecule has 3 nitrogen and oxygen atoms in total. The average molecular weight is 228 g/mol. The number of hydrogen-bond donors (Lipinski definition) is 2. The molecule has 2 N–H and O–H groups in total. The molecule has 0 aliphatic carbocycles. The minimum Gasteiger partial charge on any atom is -0.491 e. The highest BCUT2D eigenvalue weighted by Crippen LogP contribution is 2.20. The van der Waals surface area contributed by atoms with Crippen molar-refractivity contribution < 1.29 is 9.13 Å². The minimum absolute atomic E-state index is 0.249. The zero-order valence-electron chi connectivity index (χ0n) is 8.63. The molecular weight excluding hydrogens is 215 g/mol. The number of rotatable bonds is 3. The van der Waals surface area contributed by atoms with Crippen LogP contribution in [0.15, 0.2) is 18.2 Å². The first-order chi connectivity index (χ1) is 7.17. The van der Waals surface area contributed by atoms with E-state index in [-0.39, 0.29) is 5.75 Å². The molecule has 0 aliphatic rings. The van der Waals surface area contributed by atoms with Gasteiger partial charge in [-0.05, 0) is 31.3 Å². The van der Waals surface area contributed by atoms with Gasteiger partial charge in [0.1, 0.15) is 0 Å².